The van der Waals surface area contributed by atoms with Gasteiger partial charge in [-0.15, -0.1) is 0 Å². The number of hydrogen-bond acceptors (Lipinski definition) is 5. The standard InChI is InChI=1S/C19H16BrNO3S2/c1-2-24-15-9-13(8-14(20)17(15)22)10-16-18(23)21(19(25)26-16)11-12-6-4-3-5-7-12/h3-10,22H,2,11H2,1H3/b16-10+. The number of rotatable bonds is 5. The molecule has 26 heavy (non-hydrogen) atoms. The smallest absolute Gasteiger partial charge is 0.266 e. The lowest BCUT2D eigenvalue weighted by Gasteiger charge is -2.14. The molecule has 0 aromatic heterocycles. The summed E-state index contributed by atoms with van der Waals surface area (Å²) in [4.78, 5) is 14.9. The van der Waals surface area contributed by atoms with E-state index in [1.807, 2.05) is 37.3 Å². The zero-order valence-corrected chi connectivity index (χ0v) is 17.2. The zero-order chi connectivity index (χ0) is 18.7. The maximum atomic E-state index is 12.7. The molecule has 1 heterocycles. The molecule has 0 aliphatic carbocycles. The van der Waals surface area contributed by atoms with Gasteiger partial charge in [0.2, 0.25) is 0 Å². The highest BCUT2D eigenvalue weighted by molar-refractivity contribution is 9.10. The van der Waals surface area contributed by atoms with Crippen LogP contribution in [0.25, 0.3) is 6.08 Å². The minimum Gasteiger partial charge on any atom is -0.503 e. The van der Waals surface area contributed by atoms with Crippen molar-refractivity contribution in [1.82, 2.24) is 4.90 Å². The van der Waals surface area contributed by atoms with Crippen LogP contribution in [0.3, 0.4) is 0 Å². The first-order valence-electron chi connectivity index (χ1n) is 7.94. The Labute approximate surface area is 170 Å². The summed E-state index contributed by atoms with van der Waals surface area (Å²) < 4.78 is 6.48. The lowest BCUT2D eigenvalue weighted by atomic mass is 10.1. The van der Waals surface area contributed by atoms with Crippen molar-refractivity contribution >= 4 is 56.2 Å². The number of benzene rings is 2. The third kappa shape index (κ3) is 4.11. The highest BCUT2D eigenvalue weighted by Gasteiger charge is 2.32. The molecule has 0 radical (unpaired) electrons. The van der Waals surface area contributed by atoms with Gasteiger partial charge in [0.05, 0.1) is 22.5 Å². The molecule has 0 bridgehead atoms. The van der Waals surface area contributed by atoms with E-state index in [1.54, 1.807) is 23.1 Å². The fourth-order valence-corrected chi connectivity index (χ4v) is 4.21. The van der Waals surface area contributed by atoms with E-state index >= 15 is 0 Å². The number of amides is 1. The Morgan fingerprint density at radius 2 is 2.04 bits per heavy atom. The molecule has 4 nitrogen and oxygen atoms in total. The van der Waals surface area contributed by atoms with Crippen molar-refractivity contribution < 1.29 is 14.6 Å². The zero-order valence-electron chi connectivity index (χ0n) is 13.9. The molecule has 2 aromatic carbocycles. The van der Waals surface area contributed by atoms with Gasteiger partial charge >= 0.3 is 0 Å². The second kappa shape index (κ2) is 8.24. The number of thioether (sulfide) groups is 1. The van der Waals surface area contributed by atoms with Gasteiger partial charge < -0.3 is 9.84 Å². The maximum absolute atomic E-state index is 12.7. The average molecular weight is 450 g/mol. The van der Waals surface area contributed by atoms with E-state index < -0.39 is 0 Å². The van der Waals surface area contributed by atoms with Gasteiger partial charge in [-0.05, 0) is 52.2 Å². The molecule has 0 saturated carbocycles. The van der Waals surface area contributed by atoms with Crippen LogP contribution in [-0.2, 0) is 11.3 Å². The molecule has 3 rings (SSSR count). The van der Waals surface area contributed by atoms with Crippen molar-refractivity contribution in [2.24, 2.45) is 0 Å². The molecule has 1 amide bonds. The van der Waals surface area contributed by atoms with E-state index in [4.69, 9.17) is 17.0 Å². The SMILES string of the molecule is CCOc1cc(/C=C2/SC(=S)N(Cc3ccccc3)C2=O)cc(Br)c1O. The van der Waals surface area contributed by atoms with Crippen molar-refractivity contribution in [2.45, 2.75) is 13.5 Å². The van der Waals surface area contributed by atoms with Crippen LogP contribution in [0.5, 0.6) is 11.5 Å². The maximum Gasteiger partial charge on any atom is 0.266 e. The van der Waals surface area contributed by atoms with Crippen molar-refractivity contribution in [2.75, 3.05) is 6.61 Å². The third-order valence-corrected chi connectivity index (χ3v) is 5.69. The number of carbonyl (C=O) groups excluding carboxylic acids is 1. The Kier molecular flexibility index (Phi) is 6.01. The summed E-state index contributed by atoms with van der Waals surface area (Å²) in [7, 11) is 0. The second-order valence-electron chi connectivity index (χ2n) is 5.54. The summed E-state index contributed by atoms with van der Waals surface area (Å²) in [5.74, 6) is 0.291. The molecule has 1 aliphatic rings. The molecule has 1 N–H and O–H groups in total. The van der Waals surface area contributed by atoms with Crippen molar-refractivity contribution in [3.63, 3.8) is 0 Å². The van der Waals surface area contributed by atoms with Crippen LogP contribution < -0.4 is 4.74 Å². The third-order valence-electron chi connectivity index (χ3n) is 3.71. The van der Waals surface area contributed by atoms with Gasteiger partial charge in [0.15, 0.2) is 11.5 Å². The van der Waals surface area contributed by atoms with Crippen LogP contribution in [0.2, 0.25) is 0 Å². The largest absolute Gasteiger partial charge is 0.503 e. The van der Waals surface area contributed by atoms with Crippen LogP contribution in [-0.4, -0.2) is 26.8 Å². The number of carbonyl (C=O) groups is 1. The number of thiocarbonyl (C=S) groups is 1. The van der Waals surface area contributed by atoms with Gasteiger partial charge in [0, 0.05) is 0 Å². The molecule has 134 valence electrons. The van der Waals surface area contributed by atoms with Crippen molar-refractivity contribution in [3.8, 4) is 11.5 Å². The first-order chi connectivity index (χ1) is 12.5. The van der Waals surface area contributed by atoms with Gasteiger partial charge in [-0.2, -0.15) is 0 Å². The predicted octanol–water partition coefficient (Wildman–Crippen LogP) is 4.95. The van der Waals surface area contributed by atoms with Gasteiger partial charge in [0.1, 0.15) is 4.32 Å². The highest BCUT2D eigenvalue weighted by Crippen LogP contribution is 2.38. The summed E-state index contributed by atoms with van der Waals surface area (Å²) in [5.41, 5.74) is 1.77. The summed E-state index contributed by atoms with van der Waals surface area (Å²) in [6.45, 7) is 2.73. The first kappa shape index (κ1) is 18.9. The van der Waals surface area contributed by atoms with Crippen LogP contribution in [0.15, 0.2) is 51.8 Å². The predicted molar refractivity (Wildman–Crippen MR) is 112 cm³/mol. The number of aromatic hydroxyl groups is 1. The molecule has 1 saturated heterocycles. The number of nitrogens with zero attached hydrogens (tertiary/aromatic N) is 1. The highest BCUT2D eigenvalue weighted by atomic mass is 79.9. The Balaban J connectivity index is 1.86. The van der Waals surface area contributed by atoms with Gasteiger partial charge in [0.25, 0.3) is 5.91 Å². The molecule has 2 aromatic rings. The monoisotopic (exact) mass is 449 g/mol. The summed E-state index contributed by atoms with van der Waals surface area (Å²) >= 11 is 9.96. The fourth-order valence-electron chi connectivity index (χ4n) is 2.50. The Morgan fingerprint density at radius 3 is 2.73 bits per heavy atom. The molecule has 0 atom stereocenters. The van der Waals surface area contributed by atoms with E-state index in [1.165, 1.54) is 11.8 Å². The second-order valence-corrected chi connectivity index (χ2v) is 8.07. The minimum absolute atomic E-state index is 0.0422. The number of phenolic OH excluding ortho intramolecular Hbond substituents is 1. The van der Waals surface area contributed by atoms with Crippen LogP contribution in [0, 0.1) is 0 Å². The van der Waals surface area contributed by atoms with E-state index in [0.717, 1.165) is 11.1 Å². The summed E-state index contributed by atoms with van der Waals surface area (Å²) in [6.07, 6.45) is 1.76. The lowest BCUT2D eigenvalue weighted by molar-refractivity contribution is -0.122. The fraction of sp³-hybridized carbons (Fsp3) is 0.158. The van der Waals surface area contributed by atoms with Crippen molar-refractivity contribution in [1.29, 1.82) is 0 Å². The quantitative estimate of drug-likeness (QED) is 0.516. The Bertz CT molecular complexity index is 884. The number of phenols is 1. The molecule has 1 fully saturated rings. The van der Waals surface area contributed by atoms with E-state index in [9.17, 15) is 9.90 Å². The lowest BCUT2D eigenvalue weighted by Crippen LogP contribution is -2.27. The molecule has 0 spiro atoms. The normalized spacial score (nSPS) is 15.8. The number of hydrogen-bond donors (Lipinski definition) is 1. The molecule has 7 heteroatoms. The summed E-state index contributed by atoms with van der Waals surface area (Å²) in [6, 6.07) is 13.2. The minimum atomic E-state index is -0.119. The summed E-state index contributed by atoms with van der Waals surface area (Å²) in [5, 5.41) is 10.0. The molecule has 1 aliphatic heterocycles. The number of halogens is 1. The van der Waals surface area contributed by atoms with Crippen molar-refractivity contribution in [3.05, 3.63) is 63.0 Å². The average Bonchev–Trinajstić information content (AvgIpc) is 2.88. The Hall–Kier alpha value is -1.83. The van der Waals surface area contributed by atoms with Crippen LogP contribution in [0.1, 0.15) is 18.1 Å². The molecular weight excluding hydrogens is 434 g/mol. The van der Waals surface area contributed by atoms with Gasteiger partial charge in [-0.1, -0.05) is 54.3 Å². The first-order valence-corrected chi connectivity index (χ1v) is 9.96. The molecular formula is C19H16BrNO3S2. The Morgan fingerprint density at radius 1 is 1.31 bits per heavy atom. The van der Waals surface area contributed by atoms with Gasteiger partial charge in [-0.25, -0.2) is 0 Å². The van der Waals surface area contributed by atoms with E-state index in [0.29, 0.717) is 32.6 Å². The van der Waals surface area contributed by atoms with Gasteiger partial charge in [-0.3, -0.25) is 9.69 Å². The van der Waals surface area contributed by atoms with Crippen LogP contribution >= 0.6 is 39.9 Å². The topological polar surface area (TPSA) is 49.8 Å². The van der Waals surface area contributed by atoms with E-state index in [-0.39, 0.29) is 11.7 Å². The number of ether oxygens (including phenoxy) is 1. The molecule has 0 unspecified atom stereocenters. The van der Waals surface area contributed by atoms with E-state index in [2.05, 4.69) is 15.9 Å². The van der Waals surface area contributed by atoms with Crippen LogP contribution in [0.4, 0.5) is 0 Å².